The second-order valence-corrected chi connectivity index (χ2v) is 10.6. The Labute approximate surface area is 171 Å². The van der Waals surface area contributed by atoms with Crippen LogP contribution in [-0.2, 0) is 9.63 Å². The molecule has 4 heteroatoms. The average molecular weight is 389 g/mol. The minimum absolute atomic E-state index is 0.00730. The third kappa shape index (κ3) is 3.05. The number of hydrogen-bond acceptors (Lipinski definition) is 4. The number of oxime groups is 1. The molecule has 4 rings (SSSR count). The predicted octanol–water partition coefficient (Wildman–Crippen LogP) is 4.96. The molecule has 0 amide bonds. The summed E-state index contributed by atoms with van der Waals surface area (Å²) in [6.07, 6.45) is 11.3. The standard InChI is InChI=1S/C24H40N2O2/c1-4-16-18-7-6-17-19-8-9-22(27)24(19,3)12-10-20(17)23(18,2)13-11-21(16)26-28-15-5-14-25/h16-20H,4-15,25H2,1-3H3/b26-21+/t16-,17-,18?,19-,20-,23-,24-/m0/s1. The zero-order valence-electron chi connectivity index (χ0n) is 18.2. The van der Waals surface area contributed by atoms with Gasteiger partial charge in [0.2, 0.25) is 0 Å². The molecule has 4 aliphatic carbocycles. The molecular formula is C24H40N2O2. The lowest BCUT2D eigenvalue weighted by atomic mass is 9.43. The van der Waals surface area contributed by atoms with Gasteiger partial charge in [0.1, 0.15) is 12.4 Å². The lowest BCUT2D eigenvalue weighted by Crippen LogP contribution is -2.56. The topological polar surface area (TPSA) is 64.7 Å². The van der Waals surface area contributed by atoms with Crippen molar-refractivity contribution in [1.82, 2.24) is 0 Å². The minimum Gasteiger partial charge on any atom is -0.396 e. The Morgan fingerprint density at radius 3 is 2.64 bits per heavy atom. The fourth-order valence-corrected chi connectivity index (χ4v) is 8.01. The van der Waals surface area contributed by atoms with Crippen LogP contribution < -0.4 is 5.73 Å². The van der Waals surface area contributed by atoms with Gasteiger partial charge in [-0.3, -0.25) is 4.79 Å². The highest BCUT2D eigenvalue weighted by atomic mass is 16.6. The molecule has 7 atom stereocenters. The van der Waals surface area contributed by atoms with E-state index in [9.17, 15) is 4.79 Å². The molecule has 28 heavy (non-hydrogen) atoms. The van der Waals surface area contributed by atoms with Gasteiger partial charge in [0.15, 0.2) is 0 Å². The maximum Gasteiger partial charge on any atom is 0.139 e. The van der Waals surface area contributed by atoms with Gasteiger partial charge >= 0.3 is 0 Å². The first-order valence-corrected chi connectivity index (χ1v) is 11.9. The van der Waals surface area contributed by atoms with Gasteiger partial charge < -0.3 is 10.6 Å². The van der Waals surface area contributed by atoms with Crippen molar-refractivity contribution in [1.29, 1.82) is 0 Å². The number of rotatable bonds is 5. The van der Waals surface area contributed by atoms with Crippen LogP contribution in [0.4, 0.5) is 0 Å². The Morgan fingerprint density at radius 2 is 1.89 bits per heavy atom. The van der Waals surface area contributed by atoms with Gasteiger partial charge in [0.05, 0.1) is 5.71 Å². The fourth-order valence-electron chi connectivity index (χ4n) is 8.01. The largest absolute Gasteiger partial charge is 0.396 e. The van der Waals surface area contributed by atoms with Crippen molar-refractivity contribution in [3.05, 3.63) is 0 Å². The third-order valence-electron chi connectivity index (χ3n) is 9.55. The normalized spacial score (nSPS) is 46.8. The lowest BCUT2D eigenvalue weighted by Gasteiger charge is -2.61. The molecule has 1 unspecified atom stereocenters. The van der Waals surface area contributed by atoms with Crippen LogP contribution >= 0.6 is 0 Å². The fraction of sp³-hybridized carbons (Fsp3) is 0.917. The summed E-state index contributed by atoms with van der Waals surface area (Å²) in [6.45, 7) is 8.50. The van der Waals surface area contributed by atoms with Crippen LogP contribution in [0.15, 0.2) is 5.16 Å². The van der Waals surface area contributed by atoms with E-state index in [2.05, 4.69) is 25.9 Å². The highest BCUT2D eigenvalue weighted by Crippen LogP contribution is 2.66. The third-order valence-corrected chi connectivity index (χ3v) is 9.55. The summed E-state index contributed by atoms with van der Waals surface area (Å²) in [7, 11) is 0. The van der Waals surface area contributed by atoms with Crippen molar-refractivity contribution >= 4 is 11.5 Å². The maximum atomic E-state index is 12.6. The van der Waals surface area contributed by atoms with E-state index < -0.39 is 0 Å². The number of carbonyl (C=O) groups excluding carboxylic acids is 1. The SMILES string of the molecule is CC[C@@H]1/C(=N/OCCCN)CC[C@@]2(C)C1CC[C@@H]1[C@@H]2CC[C@]2(C)C(=O)CC[C@@H]12. The van der Waals surface area contributed by atoms with Gasteiger partial charge in [-0.1, -0.05) is 25.9 Å². The second-order valence-electron chi connectivity index (χ2n) is 10.6. The van der Waals surface area contributed by atoms with Crippen molar-refractivity contribution in [2.45, 2.75) is 85.0 Å². The number of ketones is 1. The Hall–Kier alpha value is -0.900. The number of fused-ring (bicyclic) bond motifs is 5. The van der Waals surface area contributed by atoms with Crippen molar-refractivity contribution < 1.29 is 9.63 Å². The summed E-state index contributed by atoms with van der Waals surface area (Å²) in [6, 6.07) is 0. The molecule has 4 nitrogen and oxygen atoms in total. The molecule has 0 heterocycles. The molecule has 158 valence electrons. The molecular weight excluding hydrogens is 348 g/mol. The van der Waals surface area contributed by atoms with Crippen LogP contribution in [0.2, 0.25) is 0 Å². The first-order chi connectivity index (χ1) is 13.5. The summed E-state index contributed by atoms with van der Waals surface area (Å²) < 4.78 is 0. The van der Waals surface area contributed by atoms with Crippen molar-refractivity contribution in [3.63, 3.8) is 0 Å². The zero-order chi connectivity index (χ0) is 19.9. The number of carbonyl (C=O) groups is 1. The predicted molar refractivity (Wildman–Crippen MR) is 113 cm³/mol. The molecule has 4 aliphatic rings. The maximum absolute atomic E-state index is 12.6. The number of nitrogens with two attached hydrogens (primary N) is 1. The first-order valence-electron chi connectivity index (χ1n) is 11.9. The van der Waals surface area contributed by atoms with Gasteiger partial charge in [-0.15, -0.1) is 0 Å². The van der Waals surface area contributed by atoms with E-state index in [1.54, 1.807) is 0 Å². The van der Waals surface area contributed by atoms with Crippen LogP contribution in [0.3, 0.4) is 0 Å². The van der Waals surface area contributed by atoms with E-state index in [4.69, 9.17) is 10.6 Å². The number of hydrogen-bond donors (Lipinski definition) is 1. The number of Topliss-reactive ketones (excluding diaryl/α,β-unsaturated/α-hetero) is 1. The Kier molecular flexibility index (Phi) is 5.63. The molecule has 0 radical (unpaired) electrons. The minimum atomic E-state index is -0.00730. The van der Waals surface area contributed by atoms with Gasteiger partial charge in [-0.05, 0) is 93.4 Å². The monoisotopic (exact) mass is 388 g/mol. The summed E-state index contributed by atoms with van der Waals surface area (Å²) >= 11 is 0. The van der Waals surface area contributed by atoms with E-state index in [1.807, 2.05) is 0 Å². The van der Waals surface area contributed by atoms with Crippen molar-refractivity contribution in [2.24, 2.45) is 51.3 Å². The Balaban J connectivity index is 1.54. The summed E-state index contributed by atoms with van der Waals surface area (Å²) in [5, 5.41) is 4.59. The molecule has 0 bridgehead atoms. The summed E-state index contributed by atoms with van der Waals surface area (Å²) in [5.74, 6) is 4.06. The van der Waals surface area contributed by atoms with Crippen LogP contribution in [-0.4, -0.2) is 24.6 Å². The smallest absolute Gasteiger partial charge is 0.139 e. The van der Waals surface area contributed by atoms with E-state index in [-0.39, 0.29) is 5.41 Å². The summed E-state index contributed by atoms with van der Waals surface area (Å²) in [5.41, 5.74) is 7.28. The van der Waals surface area contributed by atoms with Crippen LogP contribution in [0.25, 0.3) is 0 Å². The first kappa shape index (κ1) is 20.4. The Morgan fingerprint density at radius 1 is 1.07 bits per heavy atom. The lowest BCUT2D eigenvalue weighted by molar-refractivity contribution is -0.138. The molecule has 0 aromatic carbocycles. The van der Waals surface area contributed by atoms with E-state index >= 15 is 0 Å². The molecule has 0 spiro atoms. The van der Waals surface area contributed by atoms with Crippen LogP contribution in [0, 0.1) is 40.4 Å². The zero-order valence-corrected chi connectivity index (χ0v) is 18.2. The van der Waals surface area contributed by atoms with Gasteiger partial charge in [-0.25, -0.2) is 0 Å². The molecule has 0 aromatic heterocycles. The van der Waals surface area contributed by atoms with E-state index in [0.29, 0.717) is 36.2 Å². The van der Waals surface area contributed by atoms with Gasteiger partial charge in [-0.2, -0.15) is 0 Å². The molecule has 0 saturated heterocycles. The number of nitrogens with zero attached hydrogens (tertiary/aromatic N) is 1. The molecule has 0 aromatic rings. The molecule has 2 N–H and O–H groups in total. The highest BCUT2D eigenvalue weighted by molar-refractivity contribution is 5.88. The van der Waals surface area contributed by atoms with Crippen molar-refractivity contribution in [2.75, 3.05) is 13.2 Å². The quantitative estimate of drug-likeness (QED) is 0.535. The van der Waals surface area contributed by atoms with Crippen LogP contribution in [0.1, 0.15) is 85.0 Å². The molecule has 0 aliphatic heterocycles. The second kappa shape index (κ2) is 7.74. The molecule has 4 saturated carbocycles. The van der Waals surface area contributed by atoms with Gasteiger partial charge in [0, 0.05) is 17.8 Å². The summed E-state index contributed by atoms with van der Waals surface area (Å²) in [4.78, 5) is 18.2. The van der Waals surface area contributed by atoms with Crippen molar-refractivity contribution in [3.8, 4) is 0 Å². The van der Waals surface area contributed by atoms with Crippen LogP contribution in [0.5, 0.6) is 0 Å². The highest BCUT2D eigenvalue weighted by Gasteiger charge is 2.61. The average Bonchev–Trinajstić information content (AvgIpc) is 3.00. The van der Waals surface area contributed by atoms with E-state index in [1.165, 1.54) is 31.4 Å². The Bertz CT molecular complexity index is 632. The van der Waals surface area contributed by atoms with Gasteiger partial charge in [0.25, 0.3) is 0 Å². The molecule has 4 fully saturated rings. The van der Waals surface area contributed by atoms with E-state index in [0.717, 1.165) is 56.3 Å².